The third-order valence-corrected chi connectivity index (χ3v) is 7.97. The van der Waals surface area contributed by atoms with E-state index in [-0.39, 0.29) is 5.82 Å². The number of aromatic nitrogens is 3. The summed E-state index contributed by atoms with van der Waals surface area (Å²) in [6.45, 7) is 7.67. The highest BCUT2D eigenvalue weighted by molar-refractivity contribution is 8.01. The van der Waals surface area contributed by atoms with E-state index in [4.69, 9.17) is 19.6 Å². The van der Waals surface area contributed by atoms with Crippen molar-refractivity contribution in [2.24, 2.45) is 0 Å². The fourth-order valence-corrected chi connectivity index (χ4v) is 6.64. The first-order valence-electron chi connectivity index (χ1n) is 10.9. The van der Waals surface area contributed by atoms with Crippen molar-refractivity contribution in [1.29, 1.82) is 0 Å². The zero-order valence-electron chi connectivity index (χ0n) is 18.4. The van der Waals surface area contributed by atoms with Gasteiger partial charge in [-0.2, -0.15) is 5.10 Å². The summed E-state index contributed by atoms with van der Waals surface area (Å²) in [6.07, 6.45) is 6.65. The third kappa shape index (κ3) is 4.29. The molecule has 0 atom stereocenters. The van der Waals surface area contributed by atoms with Crippen LogP contribution in [0.5, 0.6) is 0 Å². The number of halogens is 1. The number of hydrogen-bond donors (Lipinski definition) is 0. The molecule has 1 spiro atoms. The van der Waals surface area contributed by atoms with E-state index in [9.17, 15) is 4.39 Å². The van der Waals surface area contributed by atoms with Gasteiger partial charge in [0.25, 0.3) is 0 Å². The van der Waals surface area contributed by atoms with Crippen LogP contribution in [0.1, 0.15) is 44.5 Å². The van der Waals surface area contributed by atoms with Crippen LogP contribution in [0.3, 0.4) is 0 Å². The molecule has 2 aromatic heterocycles. The summed E-state index contributed by atoms with van der Waals surface area (Å²) < 4.78 is 28.5. The van der Waals surface area contributed by atoms with Gasteiger partial charge in [0, 0.05) is 29.9 Å². The molecule has 1 saturated heterocycles. The Kier molecular flexibility index (Phi) is 5.96. The van der Waals surface area contributed by atoms with E-state index in [1.54, 1.807) is 17.4 Å². The lowest BCUT2D eigenvalue weighted by Gasteiger charge is -2.30. The molecule has 0 radical (unpaired) electrons. The summed E-state index contributed by atoms with van der Waals surface area (Å²) >= 11 is 3.48. The molecule has 1 aromatic carbocycles. The predicted octanol–water partition coefficient (Wildman–Crippen LogP) is 6.25. The van der Waals surface area contributed by atoms with Gasteiger partial charge in [0.05, 0.1) is 28.8 Å². The monoisotopic (exact) mass is 471 g/mol. The standard InChI is InChI=1S/C24H26FN3O2S2/c1-15(2)31-22-21(17-7-9-24(10-8-17)29-11-12-30-24)26-23(32-22)28-14-20(16(3)27-28)18-5-4-6-19(25)13-18/h4-7,13-15H,8-12H2,1-3H3. The summed E-state index contributed by atoms with van der Waals surface area (Å²) in [6, 6.07) is 6.62. The second-order valence-electron chi connectivity index (χ2n) is 8.42. The van der Waals surface area contributed by atoms with Gasteiger partial charge >= 0.3 is 0 Å². The molecule has 1 fully saturated rings. The van der Waals surface area contributed by atoms with Crippen molar-refractivity contribution in [3.63, 3.8) is 0 Å². The Hall–Kier alpha value is -2.00. The van der Waals surface area contributed by atoms with Gasteiger partial charge in [-0.05, 0) is 36.6 Å². The number of benzene rings is 1. The van der Waals surface area contributed by atoms with Crippen molar-refractivity contribution in [3.8, 4) is 16.3 Å². The maximum Gasteiger partial charge on any atom is 0.211 e. The summed E-state index contributed by atoms with van der Waals surface area (Å²) in [5.74, 6) is -0.689. The molecule has 1 aliphatic carbocycles. The average Bonchev–Trinajstić information content (AvgIpc) is 3.48. The fraction of sp³-hybridized carbons (Fsp3) is 0.417. The number of thioether (sulfide) groups is 1. The van der Waals surface area contributed by atoms with E-state index in [1.165, 1.54) is 21.9 Å². The van der Waals surface area contributed by atoms with Crippen molar-refractivity contribution < 1.29 is 13.9 Å². The number of nitrogens with zero attached hydrogens (tertiary/aromatic N) is 3. The van der Waals surface area contributed by atoms with E-state index >= 15 is 0 Å². The van der Waals surface area contributed by atoms with Gasteiger partial charge in [-0.15, -0.1) is 11.8 Å². The third-order valence-electron chi connectivity index (χ3n) is 5.71. The highest BCUT2D eigenvalue weighted by Gasteiger charge is 2.38. The molecule has 2 aliphatic rings. The summed E-state index contributed by atoms with van der Waals surface area (Å²) in [5, 5.41) is 5.97. The Morgan fingerprint density at radius 1 is 1.25 bits per heavy atom. The molecule has 0 N–H and O–H groups in total. The average molecular weight is 472 g/mol. The highest BCUT2D eigenvalue weighted by Crippen LogP contribution is 2.43. The SMILES string of the molecule is Cc1nn(-c2nc(C3=CCC4(CC3)OCCO4)c(SC(C)C)s2)cc1-c1cccc(F)c1. The van der Waals surface area contributed by atoms with E-state index in [2.05, 4.69) is 19.9 Å². The first-order chi connectivity index (χ1) is 15.4. The summed E-state index contributed by atoms with van der Waals surface area (Å²) in [5.41, 5.74) is 4.86. The van der Waals surface area contributed by atoms with Crippen LogP contribution in [-0.4, -0.2) is 39.0 Å². The van der Waals surface area contributed by atoms with Crippen LogP contribution in [0.4, 0.5) is 4.39 Å². The quantitative estimate of drug-likeness (QED) is 0.412. The molecule has 0 saturated carbocycles. The molecule has 0 bridgehead atoms. The first-order valence-corrected chi connectivity index (χ1v) is 12.6. The van der Waals surface area contributed by atoms with Crippen molar-refractivity contribution in [3.05, 3.63) is 53.7 Å². The second kappa shape index (κ2) is 8.74. The van der Waals surface area contributed by atoms with Crippen LogP contribution in [0.2, 0.25) is 0 Å². The Bertz CT molecular complexity index is 1160. The molecule has 0 unspecified atom stereocenters. The Labute approximate surface area is 195 Å². The minimum absolute atomic E-state index is 0.251. The lowest BCUT2D eigenvalue weighted by molar-refractivity contribution is -0.159. The molecule has 1 aliphatic heterocycles. The van der Waals surface area contributed by atoms with Gasteiger partial charge in [-0.3, -0.25) is 0 Å². The van der Waals surface area contributed by atoms with Gasteiger partial charge in [-0.1, -0.05) is 43.4 Å². The van der Waals surface area contributed by atoms with Crippen LogP contribution < -0.4 is 0 Å². The zero-order chi connectivity index (χ0) is 22.3. The molecule has 3 heterocycles. The molecular weight excluding hydrogens is 445 g/mol. The summed E-state index contributed by atoms with van der Waals surface area (Å²) in [7, 11) is 0. The molecule has 3 aromatic rings. The maximum absolute atomic E-state index is 13.7. The number of thiazole rings is 1. The van der Waals surface area contributed by atoms with Gasteiger partial charge < -0.3 is 9.47 Å². The van der Waals surface area contributed by atoms with Crippen molar-refractivity contribution in [2.75, 3.05) is 13.2 Å². The second-order valence-corrected chi connectivity index (χ2v) is 11.2. The van der Waals surface area contributed by atoms with E-state index in [0.717, 1.165) is 46.9 Å². The molecular formula is C24H26FN3O2S2. The van der Waals surface area contributed by atoms with Gasteiger partial charge in [0.15, 0.2) is 5.79 Å². The predicted molar refractivity (Wildman–Crippen MR) is 127 cm³/mol. The van der Waals surface area contributed by atoms with Crippen LogP contribution in [0, 0.1) is 12.7 Å². The van der Waals surface area contributed by atoms with E-state index in [1.807, 2.05) is 35.6 Å². The molecule has 0 amide bonds. The van der Waals surface area contributed by atoms with Gasteiger partial charge in [-0.25, -0.2) is 14.1 Å². The Morgan fingerprint density at radius 3 is 2.75 bits per heavy atom. The molecule has 8 heteroatoms. The topological polar surface area (TPSA) is 49.2 Å². The van der Waals surface area contributed by atoms with Crippen molar-refractivity contribution in [2.45, 2.75) is 55.3 Å². The van der Waals surface area contributed by atoms with Crippen LogP contribution in [0.25, 0.3) is 21.8 Å². The normalized spacial score (nSPS) is 18.0. The largest absolute Gasteiger partial charge is 0.347 e. The number of rotatable bonds is 5. The van der Waals surface area contributed by atoms with Gasteiger partial charge in [0.1, 0.15) is 5.82 Å². The highest BCUT2D eigenvalue weighted by atomic mass is 32.2. The minimum atomic E-state index is -0.438. The lowest BCUT2D eigenvalue weighted by Crippen LogP contribution is -2.31. The minimum Gasteiger partial charge on any atom is -0.347 e. The Balaban J connectivity index is 1.49. The Morgan fingerprint density at radius 2 is 2.06 bits per heavy atom. The summed E-state index contributed by atoms with van der Waals surface area (Å²) in [4.78, 5) is 5.01. The van der Waals surface area contributed by atoms with Crippen molar-refractivity contribution >= 4 is 28.7 Å². The first kappa shape index (κ1) is 21.8. The van der Waals surface area contributed by atoms with Gasteiger partial charge in [0.2, 0.25) is 5.13 Å². The number of ether oxygens (including phenoxy) is 2. The zero-order valence-corrected chi connectivity index (χ0v) is 20.1. The van der Waals surface area contributed by atoms with Crippen LogP contribution >= 0.6 is 23.1 Å². The molecule has 5 nitrogen and oxygen atoms in total. The van der Waals surface area contributed by atoms with E-state index in [0.29, 0.717) is 18.5 Å². The lowest BCUT2D eigenvalue weighted by atomic mass is 9.92. The number of aryl methyl sites for hydroxylation is 1. The van der Waals surface area contributed by atoms with E-state index < -0.39 is 5.79 Å². The van der Waals surface area contributed by atoms with Crippen LogP contribution in [-0.2, 0) is 9.47 Å². The molecule has 168 valence electrons. The maximum atomic E-state index is 13.7. The van der Waals surface area contributed by atoms with Crippen LogP contribution in [0.15, 0.2) is 40.7 Å². The number of allylic oxidation sites excluding steroid dienone is 1. The smallest absolute Gasteiger partial charge is 0.211 e. The van der Waals surface area contributed by atoms with Crippen molar-refractivity contribution in [1.82, 2.24) is 14.8 Å². The molecule has 5 rings (SSSR count). The molecule has 32 heavy (non-hydrogen) atoms. The number of hydrogen-bond acceptors (Lipinski definition) is 6. The fourth-order valence-electron chi connectivity index (χ4n) is 4.17.